The first kappa shape index (κ1) is 26.4. The highest BCUT2D eigenvalue weighted by Crippen LogP contribution is 2.32. The molecule has 1 fully saturated rings. The topological polar surface area (TPSA) is 76.7 Å². The van der Waals surface area contributed by atoms with Crippen LogP contribution in [0.4, 0.5) is 11.6 Å². The zero-order valence-corrected chi connectivity index (χ0v) is 24.2. The molecule has 3 aromatic heterocycles. The maximum absolute atomic E-state index is 6.65. The summed E-state index contributed by atoms with van der Waals surface area (Å²) in [6.45, 7) is 2.24. The molecule has 2 aliphatic rings. The van der Waals surface area contributed by atoms with E-state index in [9.17, 15) is 0 Å². The molecule has 3 heterocycles. The van der Waals surface area contributed by atoms with E-state index in [1.165, 1.54) is 43.2 Å². The molecule has 210 valence electrons. The SMILES string of the molecule is CCCCCc1ccc2c3/c(c(N)nc2c1)=C\CC/C=C\C=3Nc1nc2cc(/C=C/C3CC3)ccc2c2cccnc12. The van der Waals surface area contributed by atoms with Gasteiger partial charge in [0.15, 0.2) is 5.82 Å². The van der Waals surface area contributed by atoms with Gasteiger partial charge in [0.1, 0.15) is 11.3 Å². The number of hydrogen-bond acceptors (Lipinski definition) is 5. The second-order valence-electron chi connectivity index (χ2n) is 11.6. The number of nitrogens with one attached hydrogen (secondary N) is 1. The molecule has 3 N–H and O–H groups in total. The molecule has 1 saturated carbocycles. The number of hydrogen-bond donors (Lipinski definition) is 2. The van der Waals surface area contributed by atoms with Crippen molar-refractivity contribution in [3.05, 3.63) is 94.5 Å². The van der Waals surface area contributed by atoms with Crippen LogP contribution >= 0.6 is 0 Å². The quantitative estimate of drug-likeness (QED) is 0.155. The monoisotopic (exact) mass is 551 g/mol. The molecule has 0 atom stereocenters. The second kappa shape index (κ2) is 11.4. The summed E-state index contributed by atoms with van der Waals surface area (Å²) >= 11 is 0. The van der Waals surface area contributed by atoms with Crippen molar-refractivity contribution in [2.24, 2.45) is 5.92 Å². The van der Waals surface area contributed by atoms with E-state index in [1.54, 1.807) is 0 Å². The van der Waals surface area contributed by atoms with Gasteiger partial charge in [-0.25, -0.2) is 9.97 Å². The van der Waals surface area contributed by atoms with Crippen LogP contribution in [0.1, 0.15) is 63.0 Å². The molecular weight excluding hydrogens is 514 g/mol. The maximum atomic E-state index is 6.65. The zero-order chi connectivity index (χ0) is 28.5. The van der Waals surface area contributed by atoms with Crippen LogP contribution in [0.15, 0.2) is 73.0 Å². The van der Waals surface area contributed by atoms with Crippen molar-refractivity contribution in [1.29, 1.82) is 0 Å². The van der Waals surface area contributed by atoms with Crippen LogP contribution in [0.2, 0.25) is 0 Å². The van der Waals surface area contributed by atoms with Gasteiger partial charge in [0.25, 0.3) is 0 Å². The summed E-state index contributed by atoms with van der Waals surface area (Å²) in [6, 6.07) is 17.3. The van der Waals surface area contributed by atoms with Crippen LogP contribution in [-0.2, 0) is 6.42 Å². The molecule has 0 saturated heterocycles. The lowest BCUT2D eigenvalue weighted by atomic mass is 10.0. The predicted molar refractivity (Wildman–Crippen MR) is 177 cm³/mol. The highest BCUT2D eigenvalue weighted by molar-refractivity contribution is 6.09. The Morgan fingerprint density at radius 3 is 2.71 bits per heavy atom. The molecule has 0 unspecified atom stereocenters. The zero-order valence-electron chi connectivity index (χ0n) is 24.2. The number of aryl methyl sites for hydroxylation is 1. The maximum Gasteiger partial charge on any atom is 0.157 e. The fourth-order valence-corrected chi connectivity index (χ4v) is 6.00. The third-order valence-electron chi connectivity index (χ3n) is 8.43. The largest absolute Gasteiger partial charge is 0.383 e. The van der Waals surface area contributed by atoms with Crippen LogP contribution in [0, 0.1) is 5.92 Å². The number of nitrogens with two attached hydrogens (primary N) is 1. The first-order valence-corrected chi connectivity index (χ1v) is 15.4. The molecule has 0 spiro atoms. The molecule has 0 amide bonds. The molecular formula is C37H37N5. The Balaban J connectivity index is 1.42. The Bertz CT molecular complexity index is 2000. The fourth-order valence-electron chi connectivity index (χ4n) is 6.00. The molecule has 0 bridgehead atoms. The van der Waals surface area contributed by atoms with Gasteiger partial charge in [-0.3, -0.25) is 4.98 Å². The third kappa shape index (κ3) is 5.27. The van der Waals surface area contributed by atoms with E-state index in [-0.39, 0.29) is 0 Å². The molecule has 5 heteroatoms. The van der Waals surface area contributed by atoms with E-state index in [0.717, 1.165) is 79.8 Å². The standard InChI is InChI=1S/C37H37N5/c1-2-3-5-9-25-18-20-29-33(22-25)40-36(38)30-10-6-4-7-12-31(34(29)30)41-37-35-28(11-8-21-39-35)27-19-17-26(23-32(27)42-37)16-15-24-13-14-24/h7-8,10-12,15-24H,2-6,9,13-14H2,1H3,(H2,38,40)(H,41,42)/b12-7-,16-15+,30-10+,34-31+. The fraction of sp³-hybridized carbons (Fsp3) is 0.270. The minimum atomic E-state index is 0.569. The van der Waals surface area contributed by atoms with Gasteiger partial charge in [0.2, 0.25) is 0 Å². The van der Waals surface area contributed by atoms with Crippen LogP contribution in [0.5, 0.6) is 0 Å². The van der Waals surface area contributed by atoms with Crippen molar-refractivity contribution < 1.29 is 0 Å². The molecule has 42 heavy (non-hydrogen) atoms. The molecule has 5 nitrogen and oxygen atoms in total. The number of unbranched alkanes of at least 4 members (excludes halogenated alkanes) is 2. The number of aromatic nitrogens is 3. The first-order chi connectivity index (χ1) is 20.7. The Morgan fingerprint density at radius 2 is 1.83 bits per heavy atom. The van der Waals surface area contributed by atoms with E-state index in [4.69, 9.17) is 20.7 Å². The number of pyridine rings is 3. The molecule has 2 aromatic carbocycles. The van der Waals surface area contributed by atoms with E-state index < -0.39 is 0 Å². The number of nitrogen functional groups attached to an aromatic ring is 1. The Kier molecular flexibility index (Phi) is 7.16. The molecule has 0 radical (unpaired) electrons. The van der Waals surface area contributed by atoms with Gasteiger partial charge in [-0.05, 0) is 79.8 Å². The highest BCUT2D eigenvalue weighted by atomic mass is 15.0. The minimum absolute atomic E-state index is 0.569. The van der Waals surface area contributed by atoms with Crippen LogP contribution in [0.3, 0.4) is 0 Å². The molecule has 7 rings (SSSR count). The van der Waals surface area contributed by atoms with E-state index >= 15 is 0 Å². The van der Waals surface area contributed by atoms with Gasteiger partial charge in [0.05, 0.1) is 11.0 Å². The van der Waals surface area contributed by atoms with Gasteiger partial charge in [-0.2, -0.15) is 0 Å². The van der Waals surface area contributed by atoms with Crippen molar-refractivity contribution in [2.75, 3.05) is 11.1 Å². The van der Waals surface area contributed by atoms with Gasteiger partial charge >= 0.3 is 0 Å². The summed E-state index contributed by atoms with van der Waals surface area (Å²) in [6.07, 6.45) is 22.1. The lowest BCUT2D eigenvalue weighted by Crippen LogP contribution is -2.34. The summed E-state index contributed by atoms with van der Waals surface area (Å²) in [4.78, 5) is 14.8. The molecule has 0 aliphatic heterocycles. The number of anilines is 2. The average Bonchev–Trinajstić information content (AvgIpc) is 3.83. The van der Waals surface area contributed by atoms with E-state index in [2.05, 4.69) is 85.1 Å². The predicted octanol–water partition coefficient (Wildman–Crippen LogP) is 7.42. The van der Waals surface area contributed by atoms with Gasteiger partial charge < -0.3 is 11.1 Å². The third-order valence-corrected chi connectivity index (χ3v) is 8.43. The minimum Gasteiger partial charge on any atom is -0.383 e. The van der Waals surface area contributed by atoms with Crippen molar-refractivity contribution >= 4 is 62.2 Å². The lowest BCUT2D eigenvalue weighted by molar-refractivity contribution is 0.718. The number of allylic oxidation sites excluding steroid dienone is 2. The Labute approximate surface area is 246 Å². The number of rotatable bonds is 8. The summed E-state index contributed by atoms with van der Waals surface area (Å²) in [7, 11) is 0. The van der Waals surface area contributed by atoms with Gasteiger partial charge in [-0.1, -0.05) is 74.4 Å². The van der Waals surface area contributed by atoms with Crippen molar-refractivity contribution in [3.8, 4) is 0 Å². The van der Waals surface area contributed by atoms with Crippen molar-refractivity contribution in [3.63, 3.8) is 0 Å². The van der Waals surface area contributed by atoms with E-state index in [0.29, 0.717) is 5.82 Å². The summed E-state index contributed by atoms with van der Waals surface area (Å²) in [5.41, 5.74) is 12.8. The number of fused-ring (bicyclic) bond motifs is 6. The normalized spacial score (nSPS) is 18.1. The van der Waals surface area contributed by atoms with E-state index in [1.807, 2.05) is 12.3 Å². The number of benzene rings is 2. The average molecular weight is 552 g/mol. The summed E-state index contributed by atoms with van der Waals surface area (Å²) in [5, 5.41) is 9.07. The summed E-state index contributed by atoms with van der Waals surface area (Å²) in [5.74, 6) is 2.04. The summed E-state index contributed by atoms with van der Waals surface area (Å²) < 4.78 is 0. The van der Waals surface area contributed by atoms with Crippen LogP contribution in [0.25, 0.3) is 50.6 Å². The van der Waals surface area contributed by atoms with Crippen molar-refractivity contribution in [2.45, 2.75) is 58.3 Å². The highest BCUT2D eigenvalue weighted by Gasteiger charge is 2.17. The van der Waals surface area contributed by atoms with Gasteiger partial charge in [-0.15, -0.1) is 0 Å². The van der Waals surface area contributed by atoms with Crippen molar-refractivity contribution in [1.82, 2.24) is 15.0 Å². The molecule has 2 aliphatic carbocycles. The van der Waals surface area contributed by atoms with Gasteiger partial charge in [0, 0.05) is 38.5 Å². The smallest absolute Gasteiger partial charge is 0.157 e. The van der Waals surface area contributed by atoms with Crippen LogP contribution < -0.4 is 21.5 Å². The Hall–Kier alpha value is -4.51. The number of nitrogens with zero attached hydrogens (tertiary/aromatic N) is 3. The first-order valence-electron chi connectivity index (χ1n) is 15.4. The second-order valence-corrected chi connectivity index (χ2v) is 11.6. The molecule has 5 aromatic rings. The van der Waals surface area contributed by atoms with Crippen LogP contribution in [-0.4, -0.2) is 15.0 Å². The lowest BCUT2D eigenvalue weighted by Gasteiger charge is -2.15. The Morgan fingerprint density at radius 1 is 0.952 bits per heavy atom.